The number of nitrogens with one attached hydrogen (secondary N) is 1. The van der Waals surface area contributed by atoms with Crippen molar-refractivity contribution < 1.29 is 22.8 Å². The van der Waals surface area contributed by atoms with Gasteiger partial charge in [-0.2, -0.15) is 13.2 Å². The second-order valence-corrected chi connectivity index (χ2v) is 6.63. The van der Waals surface area contributed by atoms with E-state index in [9.17, 15) is 22.8 Å². The number of para-hydroxylation sites is 1. The highest BCUT2D eigenvalue weighted by Gasteiger charge is 2.33. The lowest BCUT2D eigenvalue weighted by molar-refractivity contribution is -0.137. The van der Waals surface area contributed by atoms with Gasteiger partial charge in [-0.05, 0) is 32.1 Å². The Balaban J connectivity index is 2.03. The predicted octanol–water partition coefficient (Wildman–Crippen LogP) is 3.97. The summed E-state index contributed by atoms with van der Waals surface area (Å²) in [7, 11) is 0. The summed E-state index contributed by atoms with van der Waals surface area (Å²) >= 11 is 1.44. The van der Waals surface area contributed by atoms with Crippen LogP contribution in [0.1, 0.15) is 23.2 Å². The molecule has 1 N–H and O–H groups in total. The van der Waals surface area contributed by atoms with Gasteiger partial charge in [-0.1, -0.05) is 12.1 Å². The first-order chi connectivity index (χ1) is 12.7. The van der Waals surface area contributed by atoms with Crippen molar-refractivity contribution in [1.29, 1.82) is 0 Å². The maximum Gasteiger partial charge on any atom is 0.418 e. The van der Waals surface area contributed by atoms with Crippen LogP contribution in [-0.2, 0) is 15.8 Å². The molecule has 144 valence electrons. The quantitative estimate of drug-likeness (QED) is 0.751. The van der Waals surface area contributed by atoms with E-state index >= 15 is 0 Å². The van der Waals surface area contributed by atoms with Crippen molar-refractivity contribution in [2.45, 2.75) is 20.0 Å². The molecule has 2 amide bonds. The Kier molecular flexibility index (Phi) is 6.73. The van der Waals surface area contributed by atoms with E-state index < -0.39 is 23.6 Å². The first-order valence-corrected chi connectivity index (χ1v) is 8.94. The number of carbonyl (C=O) groups excluding carboxylic acids is 2. The van der Waals surface area contributed by atoms with Crippen LogP contribution in [-0.4, -0.2) is 34.8 Å². The number of rotatable bonds is 6. The number of likely N-dealkylation sites (N-methyl/N-ethyl adjacent to an activating group) is 1. The highest BCUT2D eigenvalue weighted by atomic mass is 32.1. The molecule has 9 heteroatoms. The second-order valence-electron chi connectivity index (χ2n) is 5.57. The van der Waals surface area contributed by atoms with Crippen molar-refractivity contribution in [1.82, 2.24) is 9.88 Å². The lowest BCUT2D eigenvalue weighted by Gasteiger charge is -2.19. The fourth-order valence-corrected chi connectivity index (χ4v) is 2.85. The smallest absolute Gasteiger partial charge is 0.330 e. The van der Waals surface area contributed by atoms with Gasteiger partial charge in [0.25, 0.3) is 0 Å². The molecule has 0 fully saturated rings. The maximum atomic E-state index is 13.0. The van der Waals surface area contributed by atoms with Crippen LogP contribution in [0.4, 0.5) is 18.9 Å². The molecule has 0 unspecified atom stereocenters. The van der Waals surface area contributed by atoms with Crippen LogP contribution in [0.3, 0.4) is 0 Å². The van der Waals surface area contributed by atoms with Gasteiger partial charge in [0, 0.05) is 18.0 Å². The van der Waals surface area contributed by atoms with Crippen molar-refractivity contribution in [3.05, 3.63) is 52.0 Å². The maximum absolute atomic E-state index is 13.0. The number of amides is 2. The minimum atomic E-state index is -4.58. The van der Waals surface area contributed by atoms with Crippen LogP contribution in [0, 0.1) is 6.92 Å². The molecule has 1 heterocycles. The first-order valence-electron chi connectivity index (χ1n) is 8.06. The van der Waals surface area contributed by atoms with Gasteiger partial charge in [0.05, 0.1) is 22.0 Å². The number of carbonyl (C=O) groups is 2. The molecular weight excluding hydrogens is 379 g/mol. The van der Waals surface area contributed by atoms with Crippen molar-refractivity contribution in [2.24, 2.45) is 0 Å². The van der Waals surface area contributed by atoms with Crippen LogP contribution in [0.25, 0.3) is 6.08 Å². The zero-order valence-corrected chi connectivity index (χ0v) is 15.5. The van der Waals surface area contributed by atoms with Crippen LogP contribution in [0.5, 0.6) is 0 Å². The predicted molar refractivity (Wildman–Crippen MR) is 98.2 cm³/mol. The van der Waals surface area contributed by atoms with Crippen LogP contribution >= 0.6 is 11.3 Å². The van der Waals surface area contributed by atoms with Gasteiger partial charge in [-0.25, -0.2) is 4.98 Å². The average Bonchev–Trinajstić information content (AvgIpc) is 3.02. The molecule has 1 aromatic heterocycles. The Labute approximate surface area is 158 Å². The molecule has 2 aromatic rings. The normalized spacial score (nSPS) is 11.6. The summed E-state index contributed by atoms with van der Waals surface area (Å²) in [6, 6.07) is 4.69. The number of alkyl halides is 3. The molecule has 5 nitrogen and oxygen atoms in total. The van der Waals surface area contributed by atoms with Crippen molar-refractivity contribution in [3.63, 3.8) is 0 Å². The Morgan fingerprint density at radius 2 is 2.00 bits per heavy atom. The molecule has 0 aliphatic heterocycles. The Morgan fingerprint density at radius 3 is 2.59 bits per heavy atom. The molecule has 0 bridgehead atoms. The lowest BCUT2D eigenvalue weighted by Crippen LogP contribution is -2.37. The standard InChI is InChI=1S/C18H18F3N3O2S/c1-3-24(17(26)9-8-13-11-27-12(2)22-13)10-16(25)23-15-7-5-4-6-14(15)18(19,20)21/h4-9,11H,3,10H2,1-2H3,(H,23,25). The van der Waals surface area contributed by atoms with E-state index in [-0.39, 0.29) is 18.8 Å². The summed E-state index contributed by atoms with van der Waals surface area (Å²) in [5.74, 6) is -1.14. The summed E-state index contributed by atoms with van der Waals surface area (Å²) in [6.07, 6.45) is -1.77. The Bertz CT molecular complexity index is 846. The molecule has 2 rings (SSSR count). The third kappa shape index (κ3) is 5.92. The molecule has 0 aliphatic rings. The highest BCUT2D eigenvalue weighted by Crippen LogP contribution is 2.34. The van der Waals surface area contributed by atoms with Gasteiger partial charge in [-0.15, -0.1) is 11.3 Å². The summed E-state index contributed by atoms with van der Waals surface area (Å²) in [4.78, 5) is 29.8. The van der Waals surface area contributed by atoms with Gasteiger partial charge >= 0.3 is 6.18 Å². The van der Waals surface area contributed by atoms with E-state index in [0.29, 0.717) is 5.69 Å². The molecular formula is C18H18F3N3O2S. The van der Waals surface area contributed by atoms with E-state index in [1.165, 1.54) is 46.6 Å². The summed E-state index contributed by atoms with van der Waals surface area (Å²) in [6.45, 7) is 3.39. The number of nitrogens with zero attached hydrogens (tertiary/aromatic N) is 2. The molecule has 0 saturated carbocycles. The Morgan fingerprint density at radius 1 is 1.30 bits per heavy atom. The minimum absolute atomic E-state index is 0.230. The fraction of sp³-hybridized carbons (Fsp3) is 0.278. The van der Waals surface area contributed by atoms with Crippen molar-refractivity contribution >= 4 is 34.9 Å². The molecule has 0 radical (unpaired) electrons. The van der Waals surface area contributed by atoms with Gasteiger partial charge in [-0.3, -0.25) is 9.59 Å². The first kappa shape index (κ1) is 20.6. The zero-order valence-electron chi connectivity index (χ0n) is 14.7. The molecule has 0 atom stereocenters. The minimum Gasteiger partial charge on any atom is -0.330 e. The molecule has 0 spiro atoms. The molecule has 1 aromatic carbocycles. The SMILES string of the molecule is CCN(CC(=O)Nc1ccccc1C(F)(F)F)C(=O)C=Cc1csc(C)n1. The van der Waals surface area contributed by atoms with E-state index in [2.05, 4.69) is 10.3 Å². The van der Waals surface area contributed by atoms with Crippen molar-refractivity contribution in [3.8, 4) is 0 Å². The van der Waals surface area contributed by atoms with Crippen molar-refractivity contribution in [2.75, 3.05) is 18.4 Å². The van der Waals surface area contributed by atoms with Crippen LogP contribution < -0.4 is 5.32 Å². The highest BCUT2D eigenvalue weighted by molar-refractivity contribution is 7.09. The topological polar surface area (TPSA) is 62.3 Å². The van der Waals surface area contributed by atoms with Gasteiger partial charge < -0.3 is 10.2 Å². The third-order valence-corrected chi connectivity index (χ3v) is 4.36. The van der Waals surface area contributed by atoms with Crippen LogP contribution in [0.2, 0.25) is 0 Å². The average molecular weight is 397 g/mol. The van der Waals surface area contributed by atoms with E-state index in [1.54, 1.807) is 12.3 Å². The number of hydrogen-bond acceptors (Lipinski definition) is 4. The number of benzene rings is 1. The van der Waals surface area contributed by atoms with E-state index in [4.69, 9.17) is 0 Å². The van der Waals surface area contributed by atoms with E-state index in [0.717, 1.165) is 11.1 Å². The number of halogens is 3. The Hall–Kier alpha value is -2.68. The number of aromatic nitrogens is 1. The third-order valence-electron chi connectivity index (χ3n) is 3.57. The number of aryl methyl sites for hydroxylation is 1. The van der Waals surface area contributed by atoms with Gasteiger partial charge in [0.2, 0.25) is 11.8 Å². The summed E-state index contributed by atoms with van der Waals surface area (Å²) < 4.78 is 39.0. The lowest BCUT2D eigenvalue weighted by atomic mass is 10.1. The summed E-state index contributed by atoms with van der Waals surface area (Å²) in [5, 5.41) is 4.87. The van der Waals surface area contributed by atoms with Gasteiger partial charge in [0.15, 0.2) is 0 Å². The monoisotopic (exact) mass is 397 g/mol. The zero-order chi connectivity index (χ0) is 20.0. The second kappa shape index (κ2) is 8.81. The number of hydrogen-bond donors (Lipinski definition) is 1. The fourth-order valence-electron chi connectivity index (χ4n) is 2.27. The number of anilines is 1. The molecule has 0 aliphatic carbocycles. The molecule has 0 saturated heterocycles. The number of thiazole rings is 1. The van der Waals surface area contributed by atoms with Gasteiger partial charge in [0.1, 0.15) is 6.54 Å². The molecule has 27 heavy (non-hydrogen) atoms. The summed E-state index contributed by atoms with van der Waals surface area (Å²) in [5.41, 5.74) is -0.649. The largest absolute Gasteiger partial charge is 0.418 e. The van der Waals surface area contributed by atoms with E-state index in [1.807, 2.05) is 6.92 Å². The van der Waals surface area contributed by atoms with Crippen LogP contribution in [0.15, 0.2) is 35.7 Å².